The topological polar surface area (TPSA) is 49.5 Å². The van der Waals surface area contributed by atoms with Crippen molar-refractivity contribution in [3.8, 4) is 0 Å². The van der Waals surface area contributed by atoms with Gasteiger partial charge in [0.1, 0.15) is 0 Å². The summed E-state index contributed by atoms with van der Waals surface area (Å²) in [7, 11) is 0. The SMILES string of the molecule is NCCC1CCCC1N1CCC(O)CC1. The van der Waals surface area contributed by atoms with Crippen molar-refractivity contribution in [2.75, 3.05) is 19.6 Å². The molecule has 1 aliphatic carbocycles. The second-order valence-electron chi connectivity index (χ2n) is 5.10. The zero-order valence-corrected chi connectivity index (χ0v) is 9.57. The summed E-state index contributed by atoms with van der Waals surface area (Å²) in [5.74, 6) is 0.824. The standard InChI is InChI=1S/C12H24N2O/c13-7-4-10-2-1-3-12(10)14-8-5-11(15)6-9-14/h10-12,15H,1-9,13H2. The summed E-state index contributed by atoms with van der Waals surface area (Å²) >= 11 is 0. The molecule has 1 heterocycles. The van der Waals surface area contributed by atoms with Gasteiger partial charge in [-0.3, -0.25) is 4.90 Å². The Hall–Kier alpha value is -0.120. The normalized spacial score (nSPS) is 34.8. The Balaban J connectivity index is 1.86. The minimum atomic E-state index is -0.0457. The van der Waals surface area contributed by atoms with E-state index in [0.717, 1.165) is 44.4 Å². The van der Waals surface area contributed by atoms with Crippen LogP contribution in [0.25, 0.3) is 0 Å². The average molecular weight is 212 g/mol. The Kier molecular flexibility index (Phi) is 4.00. The van der Waals surface area contributed by atoms with Crippen LogP contribution in [0.3, 0.4) is 0 Å². The van der Waals surface area contributed by atoms with Crippen molar-refractivity contribution in [1.29, 1.82) is 0 Å². The summed E-state index contributed by atoms with van der Waals surface area (Å²) in [4.78, 5) is 2.60. The molecule has 0 spiro atoms. The Morgan fingerprint density at radius 1 is 1.13 bits per heavy atom. The van der Waals surface area contributed by atoms with Crippen LogP contribution in [0.15, 0.2) is 0 Å². The molecule has 1 saturated carbocycles. The number of nitrogens with zero attached hydrogens (tertiary/aromatic N) is 1. The number of likely N-dealkylation sites (tertiary alicyclic amines) is 1. The van der Waals surface area contributed by atoms with Gasteiger partial charge in [0.2, 0.25) is 0 Å². The van der Waals surface area contributed by atoms with Crippen molar-refractivity contribution in [1.82, 2.24) is 4.90 Å². The maximum atomic E-state index is 9.49. The smallest absolute Gasteiger partial charge is 0.0564 e. The largest absolute Gasteiger partial charge is 0.393 e. The first-order valence-electron chi connectivity index (χ1n) is 6.43. The zero-order valence-electron chi connectivity index (χ0n) is 9.57. The first-order chi connectivity index (χ1) is 7.31. The maximum absolute atomic E-state index is 9.49. The van der Waals surface area contributed by atoms with E-state index in [1.165, 1.54) is 25.7 Å². The molecule has 15 heavy (non-hydrogen) atoms. The highest BCUT2D eigenvalue weighted by atomic mass is 16.3. The summed E-state index contributed by atoms with van der Waals surface area (Å²) < 4.78 is 0. The molecule has 3 N–H and O–H groups in total. The van der Waals surface area contributed by atoms with Gasteiger partial charge in [-0.05, 0) is 44.6 Å². The predicted molar refractivity (Wildman–Crippen MR) is 61.6 cm³/mol. The summed E-state index contributed by atoms with van der Waals surface area (Å²) in [6.45, 7) is 3.01. The summed E-state index contributed by atoms with van der Waals surface area (Å²) in [5.41, 5.74) is 5.66. The van der Waals surface area contributed by atoms with Crippen molar-refractivity contribution in [2.24, 2.45) is 11.7 Å². The third-order valence-electron chi connectivity index (χ3n) is 4.12. The lowest BCUT2D eigenvalue weighted by Gasteiger charge is -2.37. The fourth-order valence-corrected chi connectivity index (χ4v) is 3.27. The van der Waals surface area contributed by atoms with Crippen molar-refractivity contribution < 1.29 is 5.11 Å². The van der Waals surface area contributed by atoms with Crippen molar-refractivity contribution >= 4 is 0 Å². The van der Waals surface area contributed by atoms with E-state index in [1.54, 1.807) is 0 Å². The molecule has 0 radical (unpaired) electrons. The Morgan fingerprint density at radius 3 is 2.53 bits per heavy atom. The van der Waals surface area contributed by atoms with Crippen LogP contribution < -0.4 is 5.73 Å². The van der Waals surface area contributed by atoms with Crippen molar-refractivity contribution in [2.45, 2.75) is 50.7 Å². The van der Waals surface area contributed by atoms with E-state index in [0.29, 0.717) is 0 Å². The number of aliphatic hydroxyl groups excluding tert-OH is 1. The van der Waals surface area contributed by atoms with E-state index in [9.17, 15) is 5.11 Å². The van der Waals surface area contributed by atoms with Crippen molar-refractivity contribution in [3.05, 3.63) is 0 Å². The number of hydrogen-bond acceptors (Lipinski definition) is 3. The van der Waals surface area contributed by atoms with Crippen LogP contribution >= 0.6 is 0 Å². The number of hydrogen-bond donors (Lipinski definition) is 2. The minimum Gasteiger partial charge on any atom is -0.393 e. The maximum Gasteiger partial charge on any atom is 0.0564 e. The van der Waals surface area contributed by atoms with Crippen LogP contribution in [0.1, 0.15) is 38.5 Å². The number of piperidine rings is 1. The molecule has 0 aromatic heterocycles. The van der Waals surface area contributed by atoms with Crippen LogP contribution in [-0.4, -0.2) is 41.8 Å². The lowest BCUT2D eigenvalue weighted by molar-refractivity contribution is 0.0496. The van der Waals surface area contributed by atoms with Crippen LogP contribution in [0.5, 0.6) is 0 Å². The third kappa shape index (κ3) is 2.71. The van der Waals surface area contributed by atoms with E-state index in [1.807, 2.05) is 0 Å². The van der Waals surface area contributed by atoms with E-state index in [2.05, 4.69) is 4.90 Å². The Labute approximate surface area is 92.6 Å². The summed E-state index contributed by atoms with van der Waals surface area (Å²) in [6.07, 6.45) is 7.15. The second kappa shape index (κ2) is 5.28. The van der Waals surface area contributed by atoms with E-state index < -0.39 is 0 Å². The molecule has 1 saturated heterocycles. The third-order valence-corrected chi connectivity index (χ3v) is 4.12. The molecule has 0 aromatic carbocycles. The summed E-state index contributed by atoms with van der Waals surface area (Å²) in [5, 5.41) is 9.49. The van der Waals surface area contributed by atoms with E-state index >= 15 is 0 Å². The summed E-state index contributed by atoms with van der Waals surface area (Å²) in [6, 6.07) is 0.765. The lowest BCUT2D eigenvalue weighted by atomic mass is 9.96. The quantitative estimate of drug-likeness (QED) is 0.732. The molecule has 3 nitrogen and oxygen atoms in total. The molecule has 88 valence electrons. The average Bonchev–Trinajstić information content (AvgIpc) is 2.68. The molecule has 2 atom stereocenters. The highest BCUT2D eigenvalue weighted by Gasteiger charge is 2.32. The Bertz CT molecular complexity index is 190. The monoisotopic (exact) mass is 212 g/mol. The van der Waals surface area contributed by atoms with Gasteiger partial charge < -0.3 is 10.8 Å². The molecule has 2 unspecified atom stereocenters. The van der Waals surface area contributed by atoms with E-state index in [4.69, 9.17) is 5.73 Å². The number of aliphatic hydroxyl groups is 1. The highest BCUT2D eigenvalue weighted by molar-refractivity contribution is 4.87. The van der Waals surface area contributed by atoms with Crippen LogP contribution in [-0.2, 0) is 0 Å². The highest BCUT2D eigenvalue weighted by Crippen LogP contribution is 2.33. The molecule has 3 heteroatoms. The van der Waals surface area contributed by atoms with Crippen LogP contribution in [0, 0.1) is 5.92 Å². The number of nitrogens with two attached hydrogens (primary N) is 1. The van der Waals surface area contributed by atoms with Crippen LogP contribution in [0.2, 0.25) is 0 Å². The van der Waals surface area contributed by atoms with Gasteiger partial charge in [0.05, 0.1) is 6.10 Å². The van der Waals surface area contributed by atoms with Gasteiger partial charge in [0.25, 0.3) is 0 Å². The fraction of sp³-hybridized carbons (Fsp3) is 1.00. The molecule has 2 aliphatic rings. The van der Waals surface area contributed by atoms with Crippen LogP contribution in [0.4, 0.5) is 0 Å². The van der Waals surface area contributed by atoms with Gasteiger partial charge in [0, 0.05) is 19.1 Å². The van der Waals surface area contributed by atoms with Gasteiger partial charge in [-0.2, -0.15) is 0 Å². The lowest BCUT2D eigenvalue weighted by Crippen LogP contribution is -2.44. The number of rotatable bonds is 3. The fourth-order valence-electron chi connectivity index (χ4n) is 3.27. The van der Waals surface area contributed by atoms with E-state index in [-0.39, 0.29) is 6.10 Å². The molecular formula is C12H24N2O. The first kappa shape index (κ1) is 11.4. The molecule has 0 amide bonds. The van der Waals surface area contributed by atoms with Gasteiger partial charge in [0.15, 0.2) is 0 Å². The molecule has 2 rings (SSSR count). The predicted octanol–water partition coefficient (Wildman–Crippen LogP) is 0.961. The molecule has 0 aromatic rings. The Morgan fingerprint density at radius 2 is 1.87 bits per heavy atom. The van der Waals surface area contributed by atoms with Gasteiger partial charge >= 0.3 is 0 Å². The van der Waals surface area contributed by atoms with Gasteiger partial charge in [-0.25, -0.2) is 0 Å². The minimum absolute atomic E-state index is 0.0457. The molecular weight excluding hydrogens is 188 g/mol. The molecule has 0 bridgehead atoms. The first-order valence-corrected chi connectivity index (χ1v) is 6.43. The second-order valence-corrected chi connectivity index (χ2v) is 5.10. The zero-order chi connectivity index (χ0) is 10.7. The van der Waals surface area contributed by atoms with Gasteiger partial charge in [-0.1, -0.05) is 6.42 Å². The molecule has 2 fully saturated rings. The molecule has 1 aliphatic heterocycles. The van der Waals surface area contributed by atoms with Gasteiger partial charge in [-0.15, -0.1) is 0 Å². The van der Waals surface area contributed by atoms with Crippen molar-refractivity contribution in [3.63, 3.8) is 0 Å².